The number of likely N-dealkylation sites (N-methyl/N-ethyl adjacent to an activating group) is 1. The lowest BCUT2D eigenvalue weighted by atomic mass is 9.60. The maximum absolute atomic E-state index is 11.9. The number of rotatable bonds is 6. The molecule has 6 aliphatic rings. The van der Waals surface area contributed by atoms with Gasteiger partial charge in [0, 0.05) is 37.4 Å². The highest BCUT2D eigenvalue weighted by Crippen LogP contribution is 2.71. The molecule has 0 aromatic heterocycles. The molecule has 9 unspecified atom stereocenters. The van der Waals surface area contributed by atoms with Crippen LogP contribution in [0.25, 0.3) is 0 Å². The minimum Gasteiger partial charge on any atom is -0.479 e. The van der Waals surface area contributed by atoms with Gasteiger partial charge in [0.15, 0.2) is 18.4 Å². The van der Waals surface area contributed by atoms with Crippen LogP contribution in [0.15, 0.2) is 24.3 Å². The average molecular weight is 520 g/mol. The number of carboxylic acids is 2. The number of aliphatic hydroxyl groups is 4. The van der Waals surface area contributed by atoms with E-state index in [1.807, 2.05) is 0 Å². The lowest BCUT2D eigenvalue weighted by molar-refractivity contribution is -1.04. The Kier molecular flexibility index (Phi) is 6.35. The van der Waals surface area contributed by atoms with E-state index in [0.717, 1.165) is 30.3 Å². The van der Waals surface area contributed by atoms with E-state index in [4.69, 9.17) is 20.4 Å². The number of carbonyl (C=O) groups is 2. The van der Waals surface area contributed by atoms with Gasteiger partial charge >= 0.3 is 11.9 Å². The zero-order chi connectivity index (χ0) is 27.0. The van der Waals surface area contributed by atoms with E-state index in [2.05, 4.69) is 50.1 Å². The molecule has 1 aromatic rings. The van der Waals surface area contributed by atoms with E-state index in [-0.39, 0.29) is 17.7 Å². The first kappa shape index (κ1) is 26.4. The van der Waals surface area contributed by atoms with Gasteiger partial charge in [-0.2, -0.15) is 0 Å². The minimum atomic E-state index is -2.27. The molecule has 5 bridgehead atoms. The van der Waals surface area contributed by atoms with Crippen LogP contribution in [0.3, 0.4) is 0 Å². The molecule has 204 valence electrons. The zero-order valence-corrected chi connectivity index (χ0v) is 21.5. The Morgan fingerprint density at radius 3 is 2.27 bits per heavy atom. The van der Waals surface area contributed by atoms with Gasteiger partial charge in [0.1, 0.15) is 6.04 Å². The van der Waals surface area contributed by atoms with E-state index in [9.17, 15) is 19.8 Å². The van der Waals surface area contributed by atoms with Gasteiger partial charge in [0.2, 0.25) is 0 Å². The first-order chi connectivity index (χ1) is 17.5. The van der Waals surface area contributed by atoms with E-state index < -0.39 is 24.1 Å². The smallest absolute Gasteiger partial charge is 0.335 e. The molecule has 5 heterocycles. The van der Waals surface area contributed by atoms with Gasteiger partial charge in [-0.1, -0.05) is 32.0 Å². The molecule has 10 nitrogen and oxygen atoms in total. The highest BCUT2D eigenvalue weighted by molar-refractivity contribution is 5.83. The predicted molar refractivity (Wildman–Crippen MR) is 133 cm³/mol. The first-order valence-electron chi connectivity index (χ1n) is 13.4. The van der Waals surface area contributed by atoms with Crippen molar-refractivity contribution in [2.75, 3.05) is 18.5 Å². The van der Waals surface area contributed by atoms with Crippen molar-refractivity contribution >= 4 is 17.6 Å². The molecule has 0 amide bonds. The summed E-state index contributed by atoms with van der Waals surface area (Å²) in [6, 6.07) is 9.97. The summed E-state index contributed by atoms with van der Waals surface area (Å²) >= 11 is 0. The summed E-state index contributed by atoms with van der Waals surface area (Å²) in [5.74, 6) is -2.36. The summed E-state index contributed by atoms with van der Waals surface area (Å²) in [4.78, 5) is 22.0. The van der Waals surface area contributed by atoms with Crippen molar-refractivity contribution in [3.63, 3.8) is 0 Å². The summed E-state index contributed by atoms with van der Waals surface area (Å²) < 4.78 is 0.873. The maximum Gasteiger partial charge on any atom is 0.335 e. The number of carboxylic acid groups (broad SMARTS) is 2. The number of para-hydroxylation sites is 1. The second kappa shape index (κ2) is 8.91. The number of aliphatic carboxylic acids is 2. The van der Waals surface area contributed by atoms with Crippen LogP contribution in [-0.4, -0.2) is 103 Å². The molecule has 6 N–H and O–H groups in total. The van der Waals surface area contributed by atoms with Gasteiger partial charge < -0.3 is 35.5 Å². The van der Waals surface area contributed by atoms with E-state index >= 15 is 0 Å². The van der Waals surface area contributed by atoms with E-state index in [0.29, 0.717) is 35.9 Å². The molecule has 0 radical (unpaired) electrons. The molecule has 7 rings (SSSR count). The second-order valence-electron chi connectivity index (χ2n) is 11.6. The second-order valence-corrected chi connectivity index (χ2v) is 11.6. The van der Waals surface area contributed by atoms with Gasteiger partial charge in [-0.3, -0.25) is 4.48 Å². The molecule has 37 heavy (non-hydrogen) atoms. The molecule has 1 spiro atoms. The fraction of sp³-hybridized carbons (Fsp3) is 0.704. The van der Waals surface area contributed by atoms with Gasteiger partial charge in [0.05, 0.1) is 30.1 Å². The molecular weight excluding hydrogens is 480 g/mol. The van der Waals surface area contributed by atoms with Crippen LogP contribution in [0.5, 0.6) is 0 Å². The largest absolute Gasteiger partial charge is 0.479 e. The summed E-state index contributed by atoms with van der Waals surface area (Å²) in [5, 5.41) is 56.1. The molecular formula is C27H39N2O8+. The summed E-state index contributed by atoms with van der Waals surface area (Å²) in [6.07, 6.45) is -0.696. The molecule has 1 aliphatic carbocycles. The fourth-order valence-corrected chi connectivity index (χ4v) is 9.50. The lowest BCUT2D eigenvalue weighted by Gasteiger charge is -2.68. The number of hydrogen-bond donors (Lipinski definition) is 6. The average Bonchev–Trinajstić information content (AvgIpc) is 3.26. The Bertz CT molecular complexity index is 1070. The topological polar surface area (TPSA) is 159 Å². The molecule has 12 atom stereocenters. The number of benzene rings is 1. The van der Waals surface area contributed by atoms with Gasteiger partial charge in [-0.15, -0.1) is 0 Å². The lowest BCUT2D eigenvalue weighted by Crippen LogP contribution is -2.83. The summed E-state index contributed by atoms with van der Waals surface area (Å²) in [7, 11) is 2.23. The summed E-state index contributed by atoms with van der Waals surface area (Å²) in [5.41, 5.74) is 2.56. The van der Waals surface area contributed by atoms with Crippen LogP contribution < -0.4 is 4.90 Å². The number of aliphatic hydroxyl groups excluding tert-OH is 4. The normalized spacial score (nSPS) is 43.5. The highest BCUT2D eigenvalue weighted by Gasteiger charge is 2.82. The third-order valence-electron chi connectivity index (χ3n) is 10.5. The third-order valence-corrected chi connectivity index (χ3v) is 10.5. The van der Waals surface area contributed by atoms with Crippen LogP contribution in [0.4, 0.5) is 5.69 Å². The quantitative estimate of drug-likeness (QED) is 0.292. The maximum atomic E-state index is 11.9. The molecule has 1 saturated carbocycles. The third kappa shape index (κ3) is 3.16. The Hall–Kier alpha value is -2.24. The Morgan fingerprint density at radius 1 is 1.08 bits per heavy atom. The molecule has 5 aliphatic heterocycles. The van der Waals surface area contributed by atoms with Crippen LogP contribution in [0.2, 0.25) is 0 Å². The van der Waals surface area contributed by atoms with Crippen molar-refractivity contribution in [1.82, 2.24) is 0 Å². The van der Waals surface area contributed by atoms with Crippen molar-refractivity contribution in [2.45, 2.75) is 87.6 Å². The van der Waals surface area contributed by atoms with Gasteiger partial charge in [-0.25, -0.2) is 9.59 Å². The van der Waals surface area contributed by atoms with E-state index in [1.165, 1.54) is 17.7 Å². The number of nitrogens with zero attached hydrogens (tertiary/aromatic N) is 2. The molecule has 5 fully saturated rings. The van der Waals surface area contributed by atoms with E-state index in [1.54, 1.807) is 0 Å². The van der Waals surface area contributed by atoms with Crippen LogP contribution in [-0.2, 0) is 15.0 Å². The van der Waals surface area contributed by atoms with Crippen molar-refractivity contribution in [3.05, 3.63) is 29.8 Å². The summed E-state index contributed by atoms with van der Waals surface area (Å²) in [6.45, 7) is 5.56. The fourth-order valence-electron chi connectivity index (χ4n) is 9.50. The van der Waals surface area contributed by atoms with Crippen molar-refractivity contribution < 1.29 is 44.7 Å². The number of anilines is 1. The van der Waals surface area contributed by atoms with Crippen LogP contribution in [0, 0.1) is 17.8 Å². The van der Waals surface area contributed by atoms with Crippen molar-refractivity contribution in [2.24, 2.45) is 17.8 Å². The number of piperidine rings is 4. The number of fused-ring (bicyclic) bond motifs is 2. The molecule has 10 heteroatoms. The standard InChI is InChI=1S/C23H33N2O2.C4H6O6/c1-4-10-25-17-11-14(13(5-2)22(25)27)19-18(25)12-23(21(19)26)15-8-6-7-9-16(15)24(3)20(17)23;5-1(3(7)8)2(6)4(9)10/h6-9,13-14,17-22,26-27H,4-5,10-12H2,1-3H3;1-2,5-6H,(H,7,8)(H,9,10)/q+1;/t13?,14-,17+,18?,19?,20?,21?,22-,23?,25?;/m1./s1. The van der Waals surface area contributed by atoms with Crippen LogP contribution >= 0.6 is 0 Å². The SMILES string of the molecule is CCC[N+]12C3CC45c6ccccc6N(C)C4[C@@H]1C[C@@H](C3C5O)C(CC)[C@H]2O.O=C(O)C(O)C(O)C(=O)O. The minimum absolute atomic E-state index is 0.127. The van der Waals surface area contributed by atoms with Crippen molar-refractivity contribution in [1.29, 1.82) is 0 Å². The Labute approximate surface area is 216 Å². The van der Waals surface area contributed by atoms with Gasteiger partial charge in [0.25, 0.3) is 0 Å². The molecule has 4 saturated heterocycles. The highest BCUT2D eigenvalue weighted by atomic mass is 16.4. The number of hydrogen-bond acceptors (Lipinski definition) is 7. The van der Waals surface area contributed by atoms with Crippen molar-refractivity contribution in [3.8, 4) is 0 Å². The van der Waals surface area contributed by atoms with Gasteiger partial charge in [-0.05, 0) is 30.4 Å². The Balaban J connectivity index is 0.000000241. The predicted octanol–water partition coefficient (Wildman–Crippen LogP) is 0.357. The first-order valence-corrected chi connectivity index (χ1v) is 13.4. The monoisotopic (exact) mass is 519 g/mol. The Morgan fingerprint density at radius 2 is 1.70 bits per heavy atom. The van der Waals surface area contributed by atoms with Crippen LogP contribution in [0.1, 0.15) is 45.1 Å². The number of quaternary nitrogens is 1. The molecule has 1 aromatic carbocycles. The zero-order valence-electron chi connectivity index (χ0n) is 21.5.